The second-order valence-corrected chi connectivity index (χ2v) is 6.01. The number of aryl methyl sites for hydroxylation is 1. The largest absolute Gasteiger partial charge is 0.423 e. The van der Waals surface area contributed by atoms with Gasteiger partial charge >= 0.3 is 0 Å². The first-order valence-electron chi connectivity index (χ1n) is 7.11. The molecule has 0 unspecified atom stereocenters. The van der Waals surface area contributed by atoms with Gasteiger partial charge in [-0.1, -0.05) is 24.3 Å². The first kappa shape index (κ1) is 14.0. The van der Waals surface area contributed by atoms with Crippen LogP contribution in [0.1, 0.15) is 0 Å². The van der Waals surface area contributed by atoms with Crippen molar-refractivity contribution in [3.63, 3.8) is 0 Å². The predicted molar refractivity (Wildman–Crippen MR) is 93.6 cm³/mol. The maximum absolute atomic E-state index is 5.70. The Morgan fingerprint density at radius 1 is 1.13 bits per heavy atom. The van der Waals surface area contributed by atoms with Gasteiger partial charge in [0.15, 0.2) is 5.58 Å². The smallest absolute Gasteiger partial charge is 0.300 e. The minimum absolute atomic E-state index is 0.479. The highest BCUT2D eigenvalue weighted by Crippen LogP contribution is 2.30. The molecule has 2 aromatic heterocycles. The number of aromatic nitrogens is 3. The van der Waals surface area contributed by atoms with Crippen molar-refractivity contribution in [3.8, 4) is 11.3 Å². The highest BCUT2D eigenvalue weighted by atomic mass is 79.9. The third kappa shape index (κ3) is 2.61. The topological polar surface area (TPSA) is 55.9 Å². The fourth-order valence-electron chi connectivity index (χ4n) is 2.53. The molecule has 5 nitrogen and oxygen atoms in total. The SMILES string of the molecule is Cn1ncc(Br)c1-c1cccc(Nc2nc3ccccc3o2)c1. The zero-order valence-electron chi connectivity index (χ0n) is 12.3. The molecule has 4 aromatic rings. The third-order valence-corrected chi connectivity index (χ3v) is 4.16. The highest BCUT2D eigenvalue weighted by molar-refractivity contribution is 9.10. The van der Waals surface area contributed by atoms with E-state index in [1.165, 1.54) is 0 Å². The van der Waals surface area contributed by atoms with Gasteiger partial charge in [-0.25, -0.2) is 0 Å². The van der Waals surface area contributed by atoms with E-state index in [1.54, 1.807) is 6.20 Å². The van der Waals surface area contributed by atoms with E-state index < -0.39 is 0 Å². The zero-order valence-corrected chi connectivity index (χ0v) is 13.9. The molecule has 114 valence electrons. The second-order valence-electron chi connectivity index (χ2n) is 5.16. The Kier molecular flexibility index (Phi) is 3.38. The van der Waals surface area contributed by atoms with Crippen molar-refractivity contribution in [2.75, 3.05) is 5.32 Å². The van der Waals surface area contributed by atoms with Gasteiger partial charge in [-0.15, -0.1) is 0 Å². The Morgan fingerprint density at radius 2 is 2.00 bits per heavy atom. The molecule has 0 radical (unpaired) electrons. The average Bonchev–Trinajstić information content (AvgIpc) is 3.10. The Balaban J connectivity index is 1.69. The summed E-state index contributed by atoms with van der Waals surface area (Å²) in [4.78, 5) is 4.43. The fourth-order valence-corrected chi connectivity index (χ4v) is 3.11. The number of para-hydroxylation sites is 2. The van der Waals surface area contributed by atoms with Crippen LogP contribution in [0.25, 0.3) is 22.4 Å². The summed E-state index contributed by atoms with van der Waals surface area (Å²) >= 11 is 3.53. The highest BCUT2D eigenvalue weighted by Gasteiger charge is 2.10. The molecule has 0 amide bonds. The number of rotatable bonds is 3. The summed E-state index contributed by atoms with van der Waals surface area (Å²) in [5.41, 5.74) is 4.58. The molecule has 0 bridgehead atoms. The Hall–Kier alpha value is -2.60. The average molecular weight is 369 g/mol. The second kappa shape index (κ2) is 5.55. The van der Waals surface area contributed by atoms with Gasteiger partial charge in [0.05, 0.1) is 16.4 Å². The molecular formula is C17H13BrN4O. The van der Waals surface area contributed by atoms with Crippen LogP contribution in [-0.4, -0.2) is 14.8 Å². The van der Waals surface area contributed by atoms with Crippen molar-refractivity contribution < 1.29 is 4.42 Å². The van der Waals surface area contributed by atoms with Crippen LogP contribution in [0.15, 0.2) is 63.6 Å². The van der Waals surface area contributed by atoms with E-state index in [1.807, 2.05) is 60.3 Å². The molecule has 0 atom stereocenters. The summed E-state index contributed by atoms with van der Waals surface area (Å²) in [6, 6.07) is 16.2. The fraction of sp³-hybridized carbons (Fsp3) is 0.0588. The minimum Gasteiger partial charge on any atom is -0.423 e. The number of halogens is 1. The van der Waals surface area contributed by atoms with Crippen LogP contribution >= 0.6 is 15.9 Å². The quantitative estimate of drug-likeness (QED) is 0.567. The maximum atomic E-state index is 5.70. The molecular weight excluding hydrogens is 356 g/mol. The number of hydrogen-bond acceptors (Lipinski definition) is 4. The first-order valence-corrected chi connectivity index (χ1v) is 7.90. The number of benzene rings is 2. The lowest BCUT2D eigenvalue weighted by Gasteiger charge is -2.07. The van der Waals surface area contributed by atoms with Crippen LogP contribution in [0.3, 0.4) is 0 Å². The lowest BCUT2D eigenvalue weighted by atomic mass is 10.1. The summed E-state index contributed by atoms with van der Waals surface area (Å²) < 4.78 is 8.49. The van der Waals surface area contributed by atoms with E-state index in [0.29, 0.717) is 6.01 Å². The van der Waals surface area contributed by atoms with E-state index in [2.05, 4.69) is 31.3 Å². The van der Waals surface area contributed by atoms with Crippen molar-refractivity contribution >= 4 is 38.7 Å². The van der Waals surface area contributed by atoms with Crippen LogP contribution < -0.4 is 5.32 Å². The molecule has 0 fully saturated rings. The van der Waals surface area contributed by atoms with Crippen molar-refractivity contribution in [1.82, 2.24) is 14.8 Å². The number of fused-ring (bicyclic) bond motifs is 1. The van der Waals surface area contributed by atoms with Crippen LogP contribution in [0, 0.1) is 0 Å². The predicted octanol–water partition coefficient (Wildman–Crippen LogP) is 4.73. The molecule has 6 heteroatoms. The molecule has 0 saturated heterocycles. The van der Waals surface area contributed by atoms with Crippen LogP contribution in [0.5, 0.6) is 0 Å². The minimum atomic E-state index is 0.479. The summed E-state index contributed by atoms with van der Waals surface area (Å²) in [7, 11) is 1.92. The van der Waals surface area contributed by atoms with Gasteiger partial charge in [-0.2, -0.15) is 10.1 Å². The van der Waals surface area contributed by atoms with Crippen molar-refractivity contribution in [2.45, 2.75) is 0 Å². The van der Waals surface area contributed by atoms with Crippen LogP contribution in [0.2, 0.25) is 0 Å². The standard InChI is InChI=1S/C17H13BrN4O/c1-22-16(13(18)10-19-22)11-5-4-6-12(9-11)20-17-21-14-7-2-3-8-15(14)23-17/h2-10H,1H3,(H,20,21). The number of oxazole rings is 1. The molecule has 0 spiro atoms. The van der Waals surface area contributed by atoms with E-state index in [9.17, 15) is 0 Å². The Labute approximate surface area is 141 Å². The number of hydrogen-bond donors (Lipinski definition) is 1. The molecule has 23 heavy (non-hydrogen) atoms. The van der Waals surface area contributed by atoms with Crippen molar-refractivity contribution in [1.29, 1.82) is 0 Å². The van der Waals surface area contributed by atoms with Gasteiger partial charge in [0.2, 0.25) is 0 Å². The molecule has 2 heterocycles. The van der Waals surface area contributed by atoms with Crippen LogP contribution in [-0.2, 0) is 7.05 Å². The maximum Gasteiger partial charge on any atom is 0.300 e. The lowest BCUT2D eigenvalue weighted by Crippen LogP contribution is -1.95. The molecule has 4 rings (SSSR count). The van der Waals surface area contributed by atoms with Crippen molar-refractivity contribution in [3.05, 3.63) is 59.2 Å². The Morgan fingerprint density at radius 3 is 2.78 bits per heavy atom. The molecule has 0 saturated carbocycles. The van der Waals surface area contributed by atoms with Gasteiger partial charge in [-0.3, -0.25) is 4.68 Å². The summed E-state index contributed by atoms with van der Waals surface area (Å²) in [6.45, 7) is 0. The normalized spacial score (nSPS) is 11.0. The van der Waals surface area contributed by atoms with E-state index in [0.717, 1.165) is 32.5 Å². The molecule has 2 aromatic carbocycles. The molecule has 1 N–H and O–H groups in total. The molecule has 0 aliphatic heterocycles. The summed E-state index contributed by atoms with van der Waals surface area (Å²) in [5.74, 6) is 0. The van der Waals surface area contributed by atoms with E-state index in [4.69, 9.17) is 4.42 Å². The van der Waals surface area contributed by atoms with Crippen LogP contribution in [0.4, 0.5) is 11.7 Å². The van der Waals surface area contributed by atoms with Gasteiger partial charge in [-0.05, 0) is 40.2 Å². The monoisotopic (exact) mass is 368 g/mol. The molecule has 0 aliphatic rings. The lowest BCUT2D eigenvalue weighted by molar-refractivity contribution is 0.623. The number of nitrogens with one attached hydrogen (secondary N) is 1. The van der Waals surface area contributed by atoms with E-state index >= 15 is 0 Å². The number of nitrogens with zero attached hydrogens (tertiary/aromatic N) is 3. The number of anilines is 2. The van der Waals surface area contributed by atoms with Gasteiger partial charge in [0.25, 0.3) is 6.01 Å². The Bertz CT molecular complexity index is 937. The molecule has 0 aliphatic carbocycles. The van der Waals surface area contributed by atoms with Gasteiger partial charge < -0.3 is 9.73 Å². The summed E-state index contributed by atoms with van der Waals surface area (Å²) in [5, 5.41) is 7.47. The first-order chi connectivity index (χ1) is 11.2. The zero-order chi connectivity index (χ0) is 15.8. The van der Waals surface area contributed by atoms with Crippen molar-refractivity contribution in [2.24, 2.45) is 7.05 Å². The summed E-state index contributed by atoms with van der Waals surface area (Å²) in [6.07, 6.45) is 1.79. The third-order valence-electron chi connectivity index (χ3n) is 3.58. The van der Waals surface area contributed by atoms with Gasteiger partial charge in [0.1, 0.15) is 5.52 Å². The van der Waals surface area contributed by atoms with Gasteiger partial charge in [0, 0.05) is 18.3 Å². The van der Waals surface area contributed by atoms with E-state index in [-0.39, 0.29) is 0 Å².